The predicted octanol–water partition coefficient (Wildman–Crippen LogP) is 0.966. The van der Waals surface area contributed by atoms with Gasteiger partial charge in [-0.1, -0.05) is 0 Å². The molecule has 9 heteroatoms. The van der Waals surface area contributed by atoms with Crippen LogP contribution in [0.4, 0.5) is 4.39 Å². The summed E-state index contributed by atoms with van der Waals surface area (Å²) in [7, 11) is -4.00. The number of ether oxygens (including phenoxy) is 1. The molecule has 2 unspecified atom stereocenters. The normalized spacial score (nSPS) is 22.9. The van der Waals surface area contributed by atoms with Gasteiger partial charge in [0.25, 0.3) is 0 Å². The zero-order valence-corrected chi connectivity index (χ0v) is 12.4. The lowest BCUT2D eigenvalue weighted by molar-refractivity contribution is -0.142. The fourth-order valence-corrected chi connectivity index (χ4v) is 3.34. The maximum atomic E-state index is 13.4. The summed E-state index contributed by atoms with van der Waals surface area (Å²) >= 11 is 2.92. The van der Waals surface area contributed by atoms with E-state index in [1.807, 2.05) is 0 Å². The Balaban J connectivity index is 2.22. The van der Waals surface area contributed by atoms with Crippen LogP contribution >= 0.6 is 15.9 Å². The Kier molecular flexibility index (Phi) is 4.43. The van der Waals surface area contributed by atoms with E-state index in [4.69, 9.17) is 9.84 Å². The molecule has 110 valence electrons. The number of carboxylic acid groups (broad SMARTS) is 1. The highest BCUT2D eigenvalue weighted by atomic mass is 79.9. The highest BCUT2D eigenvalue weighted by Gasteiger charge is 2.37. The third-order valence-electron chi connectivity index (χ3n) is 2.91. The summed E-state index contributed by atoms with van der Waals surface area (Å²) < 4.78 is 44.9. The zero-order valence-electron chi connectivity index (χ0n) is 10.0. The van der Waals surface area contributed by atoms with Gasteiger partial charge in [0, 0.05) is 0 Å². The van der Waals surface area contributed by atoms with Crippen molar-refractivity contribution in [2.24, 2.45) is 5.92 Å². The van der Waals surface area contributed by atoms with Crippen LogP contribution in [0.5, 0.6) is 0 Å². The number of halogens is 2. The number of sulfonamides is 1. The van der Waals surface area contributed by atoms with Gasteiger partial charge in [0.05, 0.1) is 34.5 Å². The number of nitrogens with one attached hydrogen (secondary N) is 1. The summed E-state index contributed by atoms with van der Waals surface area (Å²) in [5.41, 5.74) is 0. The van der Waals surface area contributed by atoms with Crippen LogP contribution in [0.1, 0.15) is 0 Å². The van der Waals surface area contributed by atoms with Crippen LogP contribution in [0.3, 0.4) is 0 Å². The van der Waals surface area contributed by atoms with Crippen molar-refractivity contribution < 1.29 is 27.4 Å². The Morgan fingerprint density at radius 2 is 2.15 bits per heavy atom. The third kappa shape index (κ3) is 3.17. The van der Waals surface area contributed by atoms with Crippen LogP contribution < -0.4 is 4.72 Å². The molecule has 0 amide bonds. The van der Waals surface area contributed by atoms with Gasteiger partial charge >= 0.3 is 5.97 Å². The molecule has 1 fully saturated rings. The average Bonchev–Trinajstić information content (AvgIpc) is 2.80. The van der Waals surface area contributed by atoms with Gasteiger partial charge in [-0.15, -0.1) is 0 Å². The summed E-state index contributed by atoms with van der Waals surface area (Å²) in [6, 6.07) is 2.48. The summed E-state index contributed by atoms with van der Waals surface area (Å²) in [6.45, 7) is -0.0908. The van der Waals surface area contributed by atoms with Gasteiger partial charge < -0.3 is 9.84 Å². The zero-order chi connectivity index (χ0) is 14.9. The molecule has 2 rings (SSSR count). The molecular weight excluding hydrogens is 357 g/mol. The van der Waals surface area contributed by atoms with E-state index < -0.39 is 33.8 Å². The van der Waals surface area contributed by atoms with E-state index in [0.717, 1.165) is 6.07 Å². The molecule has 0 bridgehead atoms. The first-order valence-electron chi connectivity index (χ1n) is 5.59. The molecule has 1 aromatic rings. The van der Waals surface area contributed by atoms with Crippen molar-refractivity contribution in [3.8, 4) is 0 Å². The van der Waals surface area contributed by atoms with Crippen molar-refractivity contribution >= 4 is 31.9 Å². The van der Waals surface area contributed by atoms with Gasteiger partial charge in [-0.3, -0.25) is 4.79 Å². The third-order valence-corrected chi connectivity index (χ3v) is 5.04. The van der Waals surface area contributed by atoms with Crippen LogP contribution in [-0.2, 0) is 19.6 Å². The molecule has 2 atom stereocenters. The van der Waals surface area contributed by atoms with E-state index in [1.165, 1.54) is 12.1 Å². The molecule has 1 aliphatic rings. The minimum absolute atomic E-state index is 0.0325. The highest BCUT2D eigenvalue weighted by molar-refractivity contribution is 9.10. The second kappa shape index (κ2) is 5.76. The predicted molar refractivity (Wildman–Crippen MR) is 70.2 cm³/mol. The Morgan fingerprint density at radius 3 is 2.75 bits per heavy atom. The molecule has 1 aliphatic heterocycles. The van der Waals surface area contributed by atoms with Gasteiger partial charge in [0.2, 0.25) is 10.0 Å². The van der Waals surface area contributed by atoms with Gasteiger partial charge in [0.1, 0.15) is 5.82 Å². The molecule has 0 aromatic heterocycles. The molecular formula is C11H11BrFNO5S. The van der Waals surface area contributed by atoms with Crippen molar-refractivity contribution in [1.82, 2.24) is 4.72 Å². The second-order valence-electron chi connectivity index (χ2n) is 4.29. The summed E-state index contributed by atoms with van der Waals surface area (Å²) in [6.07, 6.45) is 0. The van der Waals surface area contributed by atoms with Gasteiger partial charge in [-0.05, 0) is 34.1 Å². The Labute approximate surface area is 123 Å². The molecule has 1 aromatic carbocycles. The fraction of sp³-hybridized carbons (Fsp3) is 0.364. The first-order chi connectivity index (χ1) is 9.31. The monoisotopic (exact) mass is 367 g/mol. The fourth-order valence-electron chi connectivity index (χ4n) is 1.83. The Hall–Kier alpha value is -1.03. The van der Waals surface area contributed by atoms with Gasteiger partial charge in [-0.2, -0.15) is 0 Å². The lowest BCUT2D eigenvalue weighted by Crippen LogP contribution is -2.42. The topological polar surface area (TPSA) is 92.7 Å². The lowest BCUT2D eigenvalue weighted by atomic mass is 10.1. The van der Waals surface area contributed by atoms with Crippen LogP contribution in [0.2, 0.25) is 0 Å². The van der Waals surface area contributed by atoms with Crippen molar-refractivity contribution in [2.75, 3.05) is 13.2 Å². The summed E-state index contributed by atoms with van der Waals surface area (Å²) in [5, 5.41) is 8.95. The summed E-state index contributed by atoms with van der Waals surface area (Å²) in [4.78, 5) is 10.7. The minimum Gasteiger partial charge on any atom is -0.481 e. The molecule has 0 saturated carbocycles. The number of hydrogen-bond donors (Lipinski definition) is 2. The van der Waals surface area contributed by atoms with Crippen LogP contribution in [0.15, 0.2) is 27.6 Å². The molecule has 6 nitrogen and oxygen atoms in total. The van der Waals surface area contributed by atoms with E-state index >= 15 is 0 Å². The van der Waals surface area contributed by atoms with E-state index in [2.05, 4.69) is 20.7 Å². The molecule has 0 aliphatic carbocycles. The lowest BCUT2D eigenvalue weighted by Gasteiger charge is -2.16. The number of carbonyl (C=O) groups is 1. The standard InChI is InChI=1S/C11H11BrFNO5S/c12-8-2-1-6(3-9(8)13)20(17,18)14-10-5-19-4-7(10)11(15)16/h1-3,7,10,14H,4-5H2,(H,15,16). The van der Waals surface area contributed by atoms with Crippen molar-refractivity contribution in [3.63, 3.8) is 0 Å². The number of benzene rings is 1. The van der Waals surface area contributed by atoms with Crippen molar-refractivity contribution in [3.05, 3.63) is 28.5 Å². The Bertz CT molecular complexity index is 636. The molecule has 0 spiro atoms. The molecule has 1 saturated heterocycles. The number of hydrogen-bond acceptors (Lipinski definition) is 4. The first kappa shape index (κ1) is 15.4. The van der Waals surface area contributed by atoms with E-state index in [1.54, 1.807) is 0 Å². The molecule has 0 radical (unpaired) electrons. The van der Waals surface area contributed by atoms with Crippen molar-refractivity contribution in [1.29, 1.82) is 0 Å². The molecule has 2 N–H and O–H groups in total. The number of carboxylic acids is 1. The van der Waals surface area contributed by atoms with Crippen molar-refractivity contribution in [2.45, 2.75) is 10.9 Å². The smallest absolute Gasteiger partial charge is 0.310 e. The highest BCUT2D eigenvalue weighted by Crippen LogP contribution is 2.21. The maximum absolute atomic E-state index is 13.4. The van der Waals surface area contributed by atoms with Gasteiger partial charge in [-0.25, -0.2) is 17.5 Å². The van der Waals surface area contributed by atoms with Crippen LogP contribution in [0.25, 0.3) is 0 Å². The SMILES string of the molecule is O=C(O)C1COCC1NS(=O)(=O)c1ccc(Br)c(F)c1. The van der Waals surface area contributed by atoms with E-state index in [9.17, 15) is 17.6 Å². The average molecular weight is 368 g/mol. The minimum atomic E-state index is -4.00. The summed E-state index contributed by atoms with van der Waals surface area (Å²) in [5.74, 6) is -2.81. The van der Waals surface area contributed by atoms with Crippen LogP contribution in [-0.4, -0.2) is 38.7 Å². The van der Waals surface area contributed by atoms with Crippen LogP contribution in [0, 0.1) is 11.7 Å². The Morgan fingerprint density at radius 1 is 1.45 bits per heavy atom. The first-order valence-corrected chi connectivity index (χ1v) is 7.87. The quantitative estimate of drug-likeness (QED) is 0.826. The number of rotatable bonds is 4. The van der Waals surface area contributed by atoms with E-state index in [0.29, 0.717) is 0 Å². The van der Waals surface area contributed by atoms with E-state index in [-0.39, 0.29) is 22.6 Å². The molecule has 1 heterocycles. The number of aliphatic carboxylic acids is 1. The largest absolute Gasteiger partial charge is 0.481 e. The van der Waals surface area contributed by atoms with Gasteiger partial charge in [0.15, 0.2) is 0 Å². The second-order valence-corrected chi connectivity index (χ2v) is 6.85. The maximum Gasteiger partial charge on any atom is 0.310 e. The molecule has 20 heavy (non-hydrogen) atoms.